The molecule has 1 heterocycles. The van der Waals surface area contributed by atoms with Crippen molar-refractivity contribution >= 4 is 40.9 Å². The van der Waals surface area contributed by atoms with E-state index < -0.39 is 5.97 Å². The van der Waals surface area contributed by atoms with Gasteiger partial charge in [-0.3, -0.25) is 9.69 Å². The van der Waals surface area contributed by atoms with Gasteiger partial charge in [0.05, 0.1) is 18.4 Å². The second-order valence-electron chi connectivity index (χ2n) is 6.59. The van der Waals surface area contributed by atoms with Crippen molar-refractivity contribution in [2.75, 3.05) is 17.8 Å². The average molecular weight is 440 g/mol. The van der Waals surface area contributed by atoms with Gasteiger partial charge in [-0.2, -0.15) is 0 Å². The number of thioether (sulfide) groups is 1. The molecule has 0 radical (unpaired) electrons. The third-order valence-corrected chi connectivity index (χ3v) is 6.09. The third-order valence-electron chi connectivity index (χ3n) is 4.62. The second-order valence-corrected chi connectivity index (χ2v) is 8.10. The molecule has 1 fully saturated rings. The van der Waals surface area contributed by atoms with E-state index in [9.17, 15) is 9.59 Å². The van der Waals surface area contributed by atoms with Crippen LogP contribution in [0, 0.1) is 0 Å². The van der Waals surface area contributed by atoms with Crippen molar-refractivity contribution in [1.29, 1.82) is 0 Å². The van der Waals surface area contributed by atoms with Gasteiger partial charge in [-0.25, -0.2) is 4.79 Å². The van der Waals surface area contributed by atoms with E-state index in [2.05, 4.69) is 0 Å². The van der Waals surface area contributed by atoms with Gasteiger partial charge in [-0.1, -0.05) is 23.7 Å². The summed E-state index contributed by atoms with van der Waals surface area (Å²) in [5.41, 5.74) is 2.10. The minimum absolute atomic E-state index is 0.0137. The Kier molecular flexibility index (Phi) is 5.97. The van der Waals surface area contributed by atoms with Crippen molar-refractivity contribution < 1.29 is 19.1 Å². The molecule has 7 heteroatoms. The Balaban J connectivity index is 1.56. The number of ether oxygens (including phenoxy) is 2. The molecule has 0 bridgehead atoms. The number of benzene rings is 3. The van der Waals surface area contributed by atoms with Crippen LogP contribution in [0.3, 0.4) is 0 Å². The minimum atomic E-state index is -0.401. The topological polar surface area (TPSA) is 55.8 Å². The van der Waals surface area contributed by atoms with Gasteiger partial charge in [-0.05, 0) is 66.2 Å². The van der Waals surface area contributed by atoms with Crippen LogP contribution in [0.5, 0.6) is 11.5 Å². The first-order chi connectivity index (χ1) is 14.5. The number of nitrogens with zero attached hydrogens (tertiary/aromatic N) is 1. The van der Waals surface area contributed by atoms with Crippen LogP contribution in [-0.4, -0.2) is 24.7 Å². The number of rotatable bonds is 5. The molecule has 0 aliphatic carbocycles. The van der Waals surface area contributed by atoms with Crippen LogP contribution in [0.1, 0.15) is 21.3 Å². The molecule has 3 aromatic carbocycles. The fraction of sp³-hybridized carbons (Fsp3) is 0.130. The molecular formula is C23H18ClNO4S. The highest BCUT2D eigenvalue weighted by Gasteiger charge is 2.34. The molecule has 1 aliphatic heterocycles. The fourth-order valence-electron chi connectivity index (χ4n) is 3.20. The van der Waals surface area contributed by atoms with E-state index in [1.54, 1.807) is 47.4 Å². The molecule has 30 heavy (non-hydrogen) atoms. The number of hydrogen-bond acceptors (Lipinski definition) is 5. The Morgan fingerprint density at radius 2 is 1.70 bits per heavy atom. The van der Waals surface area contributed by atoms with Gasteiger partial charge in [0.2, 0.25) is 5.91 Å². The molecule has 3 aromatic rings. The van der Waals surface area contributed by atoms with Crippen molar-refractivity contribution in [3.8, 4) is 11.5 Å². The monoisotopic (exact) mass is 439 g/mol. The number of methoxy groups -OCH3 is 1. The summed E-state index contributed by atoms with van der Waals surface area (Å²) >= 11 is 7.42. The number of esters is 1. The molecule has 1 amide bonds. The third kappa shape index (κ3) is 4.30. The van der Waals surface area contributed by atoms with Gasteiger partial charge in [0.15, 0.2) is 0 Å². The maximum atomic E-state index is 12.6. The number of halogens is 1. The summed E-state index contributed by atoms with van der Waals surface area (Å²) in [6.45, 7) is 0. The Morgan fingerprint density at radius 1 is 1.03 bits per heavy atom. The minimum Gasteiger partial charge on any atom is -0.465 e. The first-order valence-electron chi connectivity index (χ1n) is 9.20. The molecule has 5 nitrogen and oxygen atoms in total. The summed E-state index contributed by atoms with van der Waals surface area (Å²) in [4.78, 5) is 26.2. The number of hydrogen-bond donors (Lipinski definition) is 0. The first kappa shape index (κ1) is 20.3. The molecule has 0 aromatic heterocycles. The largest absolute Gasteiger partial charge is 0.465 e. The van der Waals surface area contributed by atoms with Crippen LogP contribution in [0.2, 0.25) is 5.02 Å². The quantitative estimate of drug-likeness (QED) is 0.477. The lowest BCUT2D eigenvalue weighted by molar-refractivity contribution is -0.115. The molecule has 1 atom stereocenters. The summed E-state index contributed by atoms with van der Waals surface area (Å²) in [6, 6.07) is 21.6. The van der Waals surface area contributed by atoms with Gasteiger partial charge in [0.1, 0.15) is 16.9 Å². The Morgan fingerprint density at radius 3 is 2.37 bits per heavy atom. The molecular weight excluding hydrogens is 422 g/mol. The fourth-order valence-corrected chi connectivity index (χ4v) is 4.49. The summed E-state index contributed by atoms with van der Waals surface area (Å²) in [5.74, 6) is 1.32. The highest BCUT2D eigenvalue weighted by atomic mass is 35.5. The summed E-state index contributed by atoms with van der Waals surface area (Å²) in [5, 5.41) is 0.426. The molecule has 0 N–H and O–H groups in total. The van der Waals surface area contributed by atoms with Crippen molar-refractivity contribution in [2.45, 2.75) is 5.37 Å². The van der Waals surface area contributed by atoms with E-state index in [4.69, 9.17) is 21.1 Å². The highest BCUT2D eigenvalue weighted by Crippen LogP contribution is 2.42. The maximum absolute atomic E-state index is 12.6. The summed E-state index contributed by atoms with van der Waals surface area (Å²) in [7, 11) is 1.35. The predicted molar refractivity (Wildman–Crippen MR) is 118 cm³/mol. The molecule has 152 valence electrons. The van der Waals surface area contributed by atoms with Crippen molar-refractivity contribution in [3.05, 3.63) is 88.9 Å². The Hall–Kier alpha value is -2.96. The van der Waals surface area contributed by atoms with Gasteiger partial charge in [0.25, 0.3) is 0 Å². The Bertz CT molecular complexity index is 1070. The zero-order valence-electron chi connectivity index (χ0n) is 16.1. The lowest BCUT2D eigenvalue weighted by atomic mass is 10.1. The number of carbonyl (C=O) groups excluding carboxylic acids is 2. The lowest BCUT2D eigenvalue weighted by Crippen LogP contribution is -2.27. The molecule has 1 saturated heterocycles. The van der Waals surface area contributed by atoms with Gasteiger partial charge in [-0.15, -0.1) is 11.8 Å². The Labute approximate surface area is 183 Å². The standard InChI is InChI=1S/C23H18ClNO4S/c1-28-23(27)16-4-2-3-15(13-16)22-25(21(26)14-30-22)18-7-11-20(12-8-18)29-19-9-5-17(24)6-10-19/h2-13,22H,14H2,1H3. The highest BCUT2D eigenvalue weighted by molar-refractivity contribution is 8.00. The van der Waals surface area contributed by atoms with Crippen molar-refractivity contribution in [2.24, 2.45) is 0 Å². The number of carbonyl (C=O) groups is 2. The normalized spacial score (nSPS) is 15.9. The van der Waals surface area contributed by atoms with E-state index >= 15 is 0 Å². The summed E-state index contributed by atoms with van der Waals surface area (Å²) < 4.78 is 10.6. The van der Waals surface area contributed by atoms with Crippen LogP contribution in [0.25, 0.3) is 0 Å². The number of amides is 1. The van der Waals surface area contributed by atoms with Crippen LogP contribution in [-0.2, 0) is 9.53 Å². The van der Waals surface area contributed by atoms with E-state index in [0.717, 1.165) is 11.3 Å². The SMILES string of the molecule is COC(=O)c1cccc(C2SCC(=O)N2c2ccc(Oc3ccc(Cl)cc3)cc2)c1. The molecule has 0 spiro atoms. The first-order valence-corrected chi connectivity index (χ1v) is 10.6. The van der Waals surface area contributed by atoms with Crippen LogP contribution < -0.4 is 9.64 Å². The van der Waals surface area contributed by atoms with E-state index in [1.165, 1.54) is 18.9 Å². The molecule has 4 rings (SSSR count). The van der Waals surface area contributed by atoms with E-state index in [-0.39, 0.29) is 11.3 Å². The second kappa shape index (κ2) is 8.81. The zero-order valence-corrected chi connectivity index (χ0v) is 17.7. The van der Waals surface area contributed by atoms with E-state index in [0.29, 0.717) is 27.8 Å². The smallest absolute Gasteiger partial charge is 0.337 e. The van der Waals surface area contributed by atoms with Gasteiger partial charge >= 0.3 is 5.97 Å². The zero-order chi connectivity index (χ0) is 21.1. The average Bonchev–Trinajstić information content (AvgIpc) is 3.17. The number of anilines is 1. The van der Waals surface area contributed by atoms with Crippen LogP contribution in [0.4, 0.5) is 5.69 Å². The summed E-state index contributed by atoms with van der Waals surface area (Å²) in [6.07, 6.45) is 0. The molecule has 1 aliphatic rings. The lowest BCUT2D eigenvalue weighted by Gasteiger charge is -2.24. The molecule has 0 saturated carbocycles. The van der Waals surface area contributed by atoms with Crippen molar-refractivity contribution in [1.82, 2.24) is 0 Å². The van der Waals surface area contributed by atoms with E-state index in [1.807, 2.05) is 30.3 Å². The molecule has 1 unspecified atom stereocenters. The van der Waals surface area contributed by atoms with Gasteiger partial charge < -0.3 is 9.47 Å². The van der Waals surface area contributed by atoms with Crippen LogP contribution >= 0.6 is 23.4 Å². The van der Waals surface area contributed by atoms with Crippen LogP contribution in [0.15, 0.2) is 72.8 Å². The maximum Gasteiger partial charge on any atom is 0.337 e. The predicted octanol–water partition coefficient (Wildman–Crippen LogP) is 5.70. The van der Waals surface area contributed by atoms with Gasteiger partial charge in [0, 0.05) is 10.7 Å². The van der Waals surface area contributed by atoms with Crippen molar-refractivity contribution in [3.63, 3.8) is 0 Å².